The van der Waals surface area contributed by atoms with Gasteiger partial charge in [-0.1, -0.05) is 36.2 Å². The number of halogens is 1. The third kappa shape index (κ3) is 4.76. The number of hydrogen-bond acceptors (Lipinski definition) is 2. The lowest BCUT2D eigenvalue weighted by atomic mass is 9.99. The second kappa shape index (κ2) is 6.93. The summed E-state index contributed by atoms with van der Waals surface area (Å²) < 4.78 is 0. The third-order valence-electron chi connectivity index (χ3n) is 3.95. The second-order valence-corrected chi connectivity index (χ2v) is 7.25. The lowest BCUT2D eigenvalue weighted by Crippen LogP contribution is -2.49. The molecule has 1 unspecified atom stereocenters. The van der Waals surface area contributed by atoms with Crippen LogP contribution in [0.25, 0.3) is 0 Å². The lowest BCUT2D eigenvalue weighted by Gasteiger charge is -2.37. The van der Waals surface area contributed by atoms with E-state index < -0.39 is 0 Å². The van der Waals surface area contributed by atoms with Crippen molar-refractivity contribution in [3.8, 4) is 0 Å². The summed E-state index contributed by atoms with van der Waals surface area (Å²) in [5.41, 5.74) is 1.44. The number of nitrogens with one attached hydrogen (secondary N) is 1. The van der Waals surface area contributed by atoms with E-state index in [0.29, 0.717) is 6.04 Å². The van der Waals surface area contributed by atoms with Crippen LogP contribution in [-0.4, -0.2) is 29.6 Å². The van der Waals surface area contributed by atoms with Crippen molar-refractivity contribution in [2.45, 2.75) is 58.2 Å². The molecule has 0 saturated carbocycles. The van der Waals surface area contributed by atoms with Crippen molar-refractivity contribution in [1.82, 2.24) is 10.2 Å². The molecule has 3 heteroatoms. The Morgan fingerprint density at radius 3 is 2.70 bits per heavy atom. The molecule has 0 bridgehead atoms. The van der Waals surface area contributed by atoms with Crippen molar-refractivity contribution in [2.24, 2.45) is 0 Å². The monoisotopic (exact) mass is 294 g/mol. The van der Waals surface area contributed by atoms with Gasteiger partial charge in [0.15, 0.2) is 0 Å². The minimum Gasteiger partial charge on any atom is -0.311 e. The Labute approximate surface area is 128 Å². The van der Waals surface area contributed by atoms with Gasteiger partial charge in [-0.15, -0.1) is 0 Å². The highest BCUT2D eigenvalue weighted by molar-refractivity contribution is 6.31. The summed E-state index contributed by atoms with van der Waals surface area (Å²) >= 11 is 6.30. The highest BCUT2D eigenvalue weighted by Crippen LogP contribution is 2.23. The summed E-state index contributed by atoms with van der Waals surface area (Å²) in [6.45, 7) is 9.91. The smallest absolute Gasteiger partial charge is 0.0451 e. The molecule has 1 aliphatic heterocycles. The van der Waals surface area contributed by atoms with E-state index in [1.807, 2.05) is 12.1 Å². The molecule has 112 valence electrons. The van der Waals surface area contributed by atoms with Crippen molar-refractivity contribution in [1.29, 1.82) is 0 Å². The van der Waals surface area contributed by atoms with Crippen molar-refractivity contribution < 1.29 is 0 Å². The summed E-state index contributed by atoms with van der Waals surface area (Å²) in [5.74, 6) is 0. The number of rotatable bonds is 4. The molecule has 2 nitrogen and oxygen atoms in total. The topological polar surface area (TPSA) is 15.3 Å². The Balaban J connectivity index is 1.98. The van der Waals surface area contributed by atoms with E-state index in [0.717, 1.165) is 18.1 Å². The van der Waals surface area contributed by atoms with Gasteiger partial charge in [-0.05, 0) is 51.8 Å². The Kier molecular flexibility index (Phi) is 5.48. The van der Waals surface area contributed by atoms with Crippen LogP contribution in [0.4, 0.5) is 0 Å². The van der Waals surface area contributed by atoms with E-state index in [4.69, 9.17) is 11.6 Å². The first kappa shape index (κ1) is 15.8. The number of nitrogens with zero attached hydrogens (tertiary/aromatic N) is 1. The zero-order chi connectivity index (χ0) is 14.6. The van der Waals surface area contributed by atoms with Crippen molar-refractivity contribution in [3.63, 3.8) is 0 Å². The summed E-state index contributed by atoms with van der Waals surface area (Å²) in [4.78, 5) is 2.59. The molecule has 0 spiro atoms. The van der Waals surface area contributed by atoms with Crippen LogP contribution in [0.3, 0.4) is 0 Å². The standard InChI is InChI=1S/C17H27ClN2/c1-17(2,3)19-12-15-9-6-7-11-20(15)13-14-8-4-5-10-16(14)18/h4-5,8,10,15,19H,6-7,9,11-13H2,1-3H3. The molecule has 1 fully saturated rings. The second-order valence-electron chi connectivity index (χ2n) is 6.84. The van der Waals surface area contributed by atoms with Gasteiger partial charge in [-0.25, -0.2) is 0 Å². The van der Waals surface area contributed by atoms with Crippen LogP contribution >= 0.6 is 11.6 Å². The fourth-order valence-corrected chi connectivity index (χ4v) is 2.96. The number of piperidine rings is 1. The van der Waals surface area contributed by atoms with Gasteiger partial charge in [0.2, 0.25) is 0 Å². The maximum Gasteiger partial charge on any atom is 0.0451 e. The first-order valence-electron chi connectivity index (χ1n) is 7.68. The van der Waals surface area contributed by atoms with Gasteiger partial charge >= 0.3 is 0 Å². The van der Waals surface area contributed by atoms with Gasteiger partial charge in [0.05, 0.1) is 0 Å². The van der Waals surface area contributed by atoms with Gasteiger partial charge in [-0.2, -0.15) is 0 Å². The van der Waals surface area contributed by atoms with E-state index in [1.165, 1.54) is 31.4 Å². The van der Waals surface area contributed by atoms with Crippen LogP contribution < -0.4 is 5.32 Å². The average molecular weight is 295 g/mol. The van der Waals surface area contributed by atoms with Gasteiger partial charge in [-0.3, -0.25) is 4.90 Å². The van der Waals surface area contributed by atoms with Crippen LogP contribution in [0.5, 0.6) is 0 Å². The fraction of sp³-hybridized carbons (Fsp3) is 0.647. The fourth-order valence-electron chi connectivity index (χ4n) is 2.77. The zero-order valence-electron chi connectivity index (χ0n) is 13.0. The van der Waals surface area contributed by atoms with Crippen LogP contribution in [0.2, 0.25) is 5.02 Å². The molecule has 0 aliphatic carbocycles. The Morgan fingerprint density at radius 2 is 2.00 bits per heavy atom. The molecule has 1 heterocycles. The number of hydrogen-bond donors (Lipinski definition) is 1. The van der Waals surface area contributed by atoms with Gasteiger partial charge < -0.3 is 5.32 Å². The summed E-state index contributed by atoms with van der Waals surface area (Å²) in [5, 5.41) is 4.54. The molecule has 0 radical (unpaired) electrons. The normalized spacial score (nSPS) is 21.1. The molecule has 0 amide bonds. The maximum absolute atomic E-state index is 6.30. The SMILES string of the molecule is CC(C)(C)NCC1CCCCN1Cc1ccccc1Cl. The molecule has 1 atom stereocenters. The molecule has 20 heavy (non-hydrogen) atoms. The summed E-state index contributed by atoms with van der Waals surface area (Å²) in [6.07, 6.45) is 3.93. The Bertz CT molecular complexity index is 425. The highest BCUT2D eigenvalue weighted by atomic mass is 35.5. The minimum absolute atomic E-state index is 0.188. The van der Waals surface area contributed by atoms with Crippen LogP contribution in [0, 0.1) is 0 Å². The predicted molar refractivity (Wildman–Crippen MR) is 87.3 cm³/mol. The maximum atomic E-state index is 6.30. The van der Waals surface area contributed by atoms with E-state index in [1.54, 1.807) is 0 Å². The molecule has 1 aliphatic rings. The highest BCUT2D eigenvalue weighted by Gasteiger charge is 2.24. The zero-order valence-corrected chi connectivity index (χ0v) is 13.7. The first-order valence-corrected chi connectivity index (χ1v) is 8.06. The molecule has 1 aromatic carbocycles. The van der Waals surface area contributed by atoms with E-state index in [2.05, 4.69) is 43.1 Å². The number of benzene rings is 1. The molecular formula is C17H27ClN2. The van der Waals surface area contributed by atoms with Gasteiger partial charge in [0, 0.05) is 29.7 Å². The molecule has 1 aromatic rings. The van der Waals surface area contributed by atoms with Crippen molar-refractivity contribution in [3.05, 3.63) is 34.9 Å². The molecule has 0 aromatic heterocycles. The lowest BCUT2D eigenvalue weighted by molar-refractivity contribution is 0.131. The van der Waals surface area contributed by atoms with E-state index in [9.17, 15) is 0 Å². The van der Waals surface area contributed by atoms with Crippen LogP contribution in [0.1, 0.15) is 45.6 Å². The van der Waals surface area contributed by atoms with Gasteiger partial charge in [0.1, 0.15) is 0 Å². The summed E-state index contributed by atoms with van der Waals surface area (Å²) in [7, 11) is 0. The Hall–Kier alpha value is -0.570. The first-order chi connectivity index (χ1) is 9.46. The van der Waals surface area contributed by atoms with E-state index in [-0.39, 0.29) is 5.54 Å². The van der Waals surface area contributed by atoms with Crippen LogP contribution in [-0.2, 0) is 6.54 Å². The van der Waals surface area contributed by atoms with E-state index >= 15 is 0 Å². The van der Waals surface area contributed by atoms with Gasteiger partial charge in [0.25, 0.3) is 0 Å². The van der Waals surface area contributed by atoms with Crippen molar-refractivity contribution >= 4 is 11.6 Å². The quantitative estimate of drug-likeness (QED) is 0.900. The molecule has 2 rings (SSSR count). The largest absolute Gasteiger partial charge is 0.311 e. The molecule has 1 N–H and O–H groups in total. The Morgan fingerprint density at radius 1 is 1.25 bits per heavy atom. The molecule has 1 saturated heterocycles. The number of likely N-dealkylation sites (tertiary alicyclic amines) is 1. The minimum atomic E-state index is 0.188. The predicted octanol–water partition coefficient (Wildman–Crippen LogP) is 4.08. The van der Waals surface area contributed by atoms with Crippen LogP contribution in [0.15, 0.2) is 24.3 Å². The molecular weight excluding hydrogens is 268 g/mol. The third-order valence-corrected chi connectivity index (χ3v) is 4.32. The van der Waals surface area contributed by atoms with Crippen molar-refractivity contribution in [2.75, 3.05) is 13.1 Å². The summed E-state index contributed by atoms with van der Waals surface area (Å²) in [6, 6.07) is 8.84. The average Bonchev–Trinajstić information content (AvgIpc) is 2.39.